The lowest BCUT2D eigenvalue weighted by atomic mass is 9.94. The Morgan fingerprint density at radius 2 is 1.70 bits per heavy atom. The fourth-order valence-corrected chi connectivity index (χ4v) is 3.58. The van der Waals surface area contributed by atoms with Gasteiger partial charge >= 0.3 is 0 Å². The summed E-state index contributed by atoms with van der Waals surface area (Å²) < 4.78 is 24.7. The molecule has 0 radical (unpaired) electrons. The maximum atomic E-state index is 13.8. The summed E-state index contributed by atoms with van der Waals surface area (Å²) in [7, 11) is 1.68. The molecule has 152 valence electrons. The Morgan fingerprint density at radius 3 is 2.47 bits per heavy atom. The van der Waals surface area contributed by atoms with Crippen molar-refractivity contribution in [2.45, 2.75) is 26.9 Å². The quantitative estimate of drug-likeness (QED) is 0.384. The molecule has 1 heterocycles. The molecule has 0 saturated heterocycles. The molecule has 4 rings (SSSR count). The van der Waals surface area contributed by atoms with Gasteiger partial charge in [-0.3, -0.25) is 0 Å². The molecule has 4 aromatic rings. The summed E-state index contributed by atoms with van der Waals surface area (Å²) in [6, 6.07) is 19.2. The summed E-state index contributed by atoms with van der Waals surface area (Å²) in [5, 5.41) is 4.10. The summed E-state index contributed by atoms with van der Waals surface area (Å²) in [5.74, 6) is 0.637. The van der Waals surface area contributed by atoms with Crippen LogP contribution in [-0.4, -0.2) is 17.3 Å². The minimum atomic E-state index is -0.221. The van der Waals surface area contributed by atoms with E-state index in [1.807, 2.05) is 31.2 Å². The molecule has 0 aliphatic heterocycles. The van der Waals surface area contributed by atoms with Gasteiger partial charge in [-0.25, -0.2) is 4.39 Å². The second-order valence-corrected chi connectivity index (χ2v) is 7.20. The van der Waals surface area contributed by atoms with E-state index in [9.17, 15) is 4.39 Å². The fraction of sp³-hybridized carbons (Fsp3) is 0.200. The highest BCUT2D eigenvalue weighted by atomic mass is 19.1. The van der Waals surface area contributed by atoms with Gasteiger partial charge in [0.1, 0.15) is 5.82 Å². The third-order valence-electron chi connectivity index (χ3n) is 5.20. The summed E-state index contributed by atoms with van der Waals surface area (Å²) >= 11 is 0. The van der Waals surface area contributed by atoms with Crippen molar-refractivity contribution in [2.24, 2.45) is 0 Å². The van der Waals surface area contributed by atoms with Gasteiger partial charge in [-0.15, -0.1) is 0 Å². The van der Waals surface area contributed by atoms with Crippen LogP contribution in [0.4, 0.5) is 4.39 Å². The largest absolute Gasteiger partial charge is 0.380 e. The van der Waals surface area contributed by atoms with Crippen LogP contribution in [0.25, 0.3) is 34.0 Å². The van der Waals surface area contributed by atoms with Crippen LogP contribution < -0.4 is 0 Å². The highest BCUT2D eigenvalue weighted by molar-refractivity contribution is 5.74. The number of methoxy groups -OCH3 is 1. The van der Waals surface area contributed by atoms with Crippen molar-refractivity contribution in [3.05, 3.63) is 83.2 Å². The Kier molecular flexibility index (Phi) is 5.72. The molecule has 0 bridgehead atoms. The zero-order valence-electron chi connectivity index (χ0n) is 17.3. The van der Waals surface area contributed by atoms with Crippen molar-refractivity contribution in [2.75, 3.05) is 7.11 Å². The van der Waals surface area contributed by atoms with Crippen LogP contribution in [0.1, 0.15) is 23.6 Å². The number of hydrogen-bond donors (Lipinski definition) is 0. The maximum absolute atomic E-state index is 13.8. The molecule has 0 saturated carbocycles. The van der Waals surface area contributed by atoms with Gasteiger partial charge in [0.2, 0.25) is 5.82 Å². The topological polar surface area (TPSA) is 48.2 Å². The first-order valence-corrected chi connectivity index (χ1v) is 9.91. The smallest absolute Gasteiger partial charge is 0.258 e. The molecule has 0 atom stereocenters. The Balaban J connectivity index is 1.72. The molecule has 30 heavy (non-hydrogen) atoms. The van der Waals surface area contributed by atoms with E-state index in [4.69, 9.17) is 9.26 Å². The zero-order valence-corrected chi connectivity index (χ0v) is 17.3. The minimum Gasteiger partial charge on any atom is -0.380 e. The van der Waals surface area contributed by atoms with Crippen LogP contribution in [0.3, 0.4) is 0 Å². The number of halogens is 1. The van der Waals surface area contributed by atoms with E-state index >= 15 is 0 Å². The van der Waals surface area contributed by atoms with Crippen molar-refractivity contribution >= 4 is 0 Å². The molecule has 0 aliphatic rings. The van der Waals surface area contributed by atoms with E-state index in [2.05, 4.69) is 35.3 Å². The standard InChI is InChI=1S/C25H23FN2O2/c1-4-17-13-18(10-12-23(17)26)24-27-25(30-28-24)19-9-11-22(20(14-19)15-29-3)21-8-6-5-7-16(21)2/h5-14H,4,15H2,1-3H3. The van der Waals surface area contributed by atoms with Crippen LogP contribution >= 0.6 is 0 Å². The van der Waals surface area contributed by atoms with Crippen LogP contribution in [0.5, 0.6) is 0 Å². The third kappa shape index (κ3) is 3.89. The van der Waals surface area contributed by atoms with E-state index in [1.165, 1.54) is 17.2 Å². The van der Waals surface area contributed by atoms with E-state index in [0.717, 1.165) is 22.3 Å². The maximum Gasteiger partial charge on any atom is 0.258 e. The number of ether oxygens (including phenoxy) is 1. The second kappa shape index (κ2) is 8.59. The van der Waals surface area contributed by atoms with Crippen molar-refractivity contribution in [1.29, 1.82) is 0 Å². The number of benzene rings is 3. The monoisotopic (exact) mass is 402 g/mol. The Hall–Kier alpha value is -3.31. The Labute approximate surface area is 175 Å². The normalized spacial score (nSPS) is 11.1. The van der Waals surface area contributed by atoms with E-state index in [1.54, 1.807) is 19.2 Å². The van der Waals surface area contributed by atoms with E-state index < -0.39 is 0 Å². The zero-order chi connectivity index (χ0) is 21.1. The summed E-state index contributed by atoms with van der Waals surface area (Å²) in [6.45, 7) is 4.48. The number of nitrogens with zero attached hydrogens (tertiary/aromatic N) is 2. The van der Waals surface area contributed by atoms with Crippen LogP contribution in [0.15, 0.2) is 65.2 Å². The van der Waals surface area contributed by atoms with Crippen molar-refractivity contribution < 1.29 is 13.7 Å². The fourth-order valence-electron chi connectivity index (χ4n) is 3.58. The lowest BCUT2D eigenvalue weighted by Gasteiger charge is -2.12. The number of hydrogen-bond acceptors (Lipinski definition) is 4. The molecule has 0 spiro atoms. The lowest BCUT2D eigenvalue weighted by molar-refractivity contribution is 0.185. The highest BCUT2D eigenvalue weighted by Gasteiger charge is 2.15. The highest BCUT2D eigenvalue weighted by Crippen LogP contribution is 2.31. The Morgan fingerprint density at radius 1 is 0.933 bits per heavy atom. The summed E-state index contributed by atoms with van der Waals surface area (Å²) in [6.07, 6.45) is 0.602. The minimum absolute atomic E-state index is 0.221. The first-order valence-electron chi connectivity index (χ1n) is 9.91. The molecule has 0 aliphatic carbocycles. The van der Waals surface area contributed by atoms with Gasteiger partial charge in [0.25, 0.3) is 5.89 Å². The van der Waals surface area contributed by atoms with Gasteiger partial charge in [0.05, 0.1) is 6.61 Å². The number of rotatable bonds is 6. The molecule has 5 heteroatoms. The lowest BCUT2D eigenvalue weighted by Crippen LogP contribution is -1.95. The van der Waals surface area contributed by atoms with Gasteiger partial charge in [0.15, 0.2) is 0 Å². The molecule has 1 aromatic heterocycles. The molecular weight excluding hydrogens is 379 g/mol. The SMILES string of the molecule is CCc1cc(-c2noc(-c3ccc(-c4ccccc4C)c(COC)c3)n2)ccc1F. The summed E-state index contributed by atoms with van der Waals surface area (Å²) in [4.78, 5) is 4.54. The molecule has 0 N–H and O–H groups in total. The predicted octanol–water partition coefficient (Wildman–Crippen LogP) is 6.23. The average Bonchev–Trinajstić information content (AvgIpc) is 3.25. The third-order valence-corrected chi connectivity index (χ3v) is 5.20. The predicted molar refractivity (Wildman–Crippen MR) is 115 cm³/mol. The number of aryl methyl sites for hydroxylation is 2. The molecule has 0 unspecified atom stereocenters. The van der Waals surface area contributed by atoms with Gasteiger partial charge in [-0.05, 0) is 71.5 Å². The van der Waals surface area contributed by atoms with Gasteiger partial charge < -0.3 is 9.26 Å². The molecule has 3 aromatic carbocycles. The molecule has 0 amide bonds. The van der Waals surface area contributed by atoms with Crippen molar-refractivity contribution in [3.63, 3.8) is 0 Å². The van der Waals surface area contributed by atoms with E-state index in [0.29, 0.717) is 30.3 Å². The first kappa shape index (κ1) is 20.0. The van der Waals surface area contributed by atoms with E-state index in [-0.39, 0.29) is 5.82 Å². The van der Waals surface area contributed by atoms with Crippen LogP contribution in [-0.2, 0) is 17.8 Å². The Bertz CT molecular complexity index is 1180. The van der Waals surface area contributed by atoms with Gasteiger partial charge in [-0.1, -0.05) is 42.4 Å². The second-order valence-electron chi connectivity index (χ2n) is 7.20. The van der Waals surface area contributed by atoms with Crippen molar-refractivity contribution in [1.82, 2.24) is 10.1 Å². The van der Waals surface area contributed by atoms with Gasteiger partial charge in [-0.2, -0.15) is 4.98 Å². The molecule has 0 fully saturated rings. The first-order chi connectivity index (χ1) is 14.6. The van der Waals surface area contributed by atoms with Crippen molar-refractivity contribution in [3.8, 4) is 34.0 Å². The van der Waals surface area contributed by atoms with Crippen LogP contribution in [0, 0.1) is 12.7 Å². The van der Waals surface area contributed by atoms with Gasteiger partial charge in [0, 0.05) is 18.2 Å². The molecule has 4 nitrogen and oxygen atoms in total. The molecular formula is C25H23FN2O2. The number of aromatic nitrogens is 2. The average molecular weight is 402 g/mol. The summed E-state index contributed by atoms with van der Waals surface area (Å²) in [5.41, 5.74) is 6.70. The van der Waals surface area contributed by atoms with Crippen LogP contribution in [0.2, 0.25) is 0 Å².